The third-order valence-electron chi connectivity index (χ3n) is 5.45. The number of nitrogens with one attached hydrogen (secondary N) is 2. The van der Waals surface area contributed by atoms with Crippen LogP contribution in [0, 0.1) is 17.8 Å². The van der Waals surface area contributed by atoms with Crippen LogP contribution in [-0.2, 0) is 11.3 Å². The van der Waals surface area contributed by atoms with Crippen LogP contribution >= 0.6 is 12.4 Å². The summed E-state index contributed by atoms with van der Waals surface area (Å²) in [5.74, 6) is 1.19. The summed E-state index contributed by atoms with van der Waals surface area (Å²) in [6.07, 6.45) is 5.38. The van der Waals surface area contributed by atoms with Crippen molar-refractivity contribution in [2.24, 2.45) is 29.2 Å². The first-order chi connectivity index (χ1) is 11.5. The van der Waals surface area contributed by atoms with Gasteiger partial charge >= 0.3 is 6.03 Å². The fourth-order valence-electron chi connectivity index (χ4n) is 4.24. The third-order valence-corrected chi connectivity index (χ3v) is 5.45. The highest BCUT2D eigenvalue weighted by molar-refractivity contribution is 5.87. The van der Waals surface area contributed by atoms with Gasteiger partial charge in [-0.2, -0.15) is 0 Å². The van der Waals surface area contributed by atoms with E-state index >= 15 is 0 Å². The van der Waals surface area contributed by atoms with Gasteiger partial charge in [-0.3, -0.25) is 4.79 Å². The summed E-state index contributed by atoms with van der Waals surface area (Å²) < 4.78 is 0. The van der Waals surface area contributed by atoms with E-state index < -0.39 is 6.03 Å². The number of benzene rings is 1. The van der Waals surface area contributed by atoms with E-state index in [1.54, 1.807) is 6.07 Å². The molecule has 2 bridgehead atoms. The second kappa shape index (κ2) is 8.54. The lowest BCUT2D eigenvalue weighted by molar-refractivity contribution is -0.128. The molecule has 3 amide bonds. The smallest absolute Gasteiger partial charge is 0.316 e. The van der Waals surface area contributed by atoms with Crippen LogP contribution in [0.25, 0.3) is 0 Å². The van der Waals surface area contributed by atoms with Crippen LogP contribution in [0.1, 0.15) is 37.7 Å². The van der Waals surface area contributed by atoms with E-state index in [1.807, 2.05) is 18.2 Å². The molecule has 3 rings (SSSR count). The molecule has 1 aromatic rings. The minimum Gasteiger partial charge on any atom is -0.352 e. The van der Waals surface area contributed by atoms with Crippen LogP contribution < -0.4 is 22.1 Å². The molecular weight excluding hydrogens is 340 g/mol. The molecule has 6 nitrogen and oxygen atoms in total. The Labute approximate surface area is 154 Å². The van der Waals surface area contributed by atoms with Crippen LogP contribution in [0.3, 0.4) is 0 Å². The first-order valence-electron chi connectivity index (χ1n) is 8.71. The molecule has 25 heavy (non-hydrogen) atoms. The normalized spacial score (nSPS) is 27.7. The summed E-state index contributed by atoms with van der Waals surface area (Å²) in [7, 11) is 0. The largest absolute Gasteiger partial charge is 0.352 e. The number of hydrogen-bond acceptors (Lipinski definition) is 3. The molecule has 0 spiro atoms. The van der Waals surface area contributed by atoms with Crippen molar-refractivity contribution in [3.63, 3.8) is 0 Å². The monoisotopic (exact) mass is 366 g/mol. The molecule has 2 aliphatic rings. The lowest BCUT2D eigenvalue weighted by Gasteiger charge is -2.43. The lowest BCUT2D eigenvalue weighted by Crippen LogP contribution is -2.49. The number of carbonyl (C=O) groups excluding carboxylic acids is 2. The Balaban J connectivity index is 0.00000225. The molecule has 2 aliphatic carbocycles. The Morgan fingerprint density at radius 1 is 1.16 bits per heavy atom. The van der Waals surface area contributed by atoms with Crippen molar-refractivity contribution in [2.75, 3.05) is 5.32 Å². The van der Waals surface area contributed by atoms with Gasteiger partial charge in [-0.05, 0) is 55.2 Å². The maximum Gasteiger partial charge on any atom is 0.316 e. The molecule has 138 valence electrons. The summed E-state index contributed by atoms with van der Waals surface area (Å²) in [5.41, 5.74) is 13.0. The molecule has 2 fully saturated rings. The summed E-state index contributed by atoms with van der Waals surface area (Å²) in [5, 5.41) is 5.57. The van der Waals surface area contributed by atoms with E-state index in [4.69, 9.17) is 11.5 Å². The second-order valence-corrected chi connectivity index (χ2v) is 7.10. The quantitative estimate of drug-likeness (QED) is 0.656. The summed E-state index contributed by atoms with van der Waals surface area (Å²) >= 11 is 0. The number of fused-ring (bicyclic) bond motifs is 2. The van der Waals surface area contributed by atoms with Gasteiger partial charge in [-0.25, -0.2) is 4.79 Å². The van der Waals surface area contributed by atoms with Crippen molar-refractivity contribution in [3.8, 4) is 0 Å². The van der Waals surface area contributed by atoms with Crippen molar-refractivity contribution in [1.82, 2.24) is 5.32 Å². The standard InChI is InChI=1S/C18H26N4O2.ClH/c19-16-12-4-2-5-13(16)9-14(8-12)17(23)21-10-11-3-1-6-15(7-11)22-18(20)24;/h1,3,6-7,12-14,16H,2,4-5,8-10,19H2,(H,21,23)(H3,20,22,24);1H. The zero-order valence-electron chi connectivity index (χ0n) is 14.2. The highest BCUT2D eigenvalue weighted by Gasteiger charge is 2.40. The molecule has 0 aromatic heterocycles. The second-order valence-electron chi connectivity index (χ2n) is 7.10. The minimum atomic E-state index is -0.596. The van der Waals surface area contributed by atoms with E-state index in [-0.39, 0.29) is 30.3 Å². The average molecular weight is 367 g/mol. The first-order valence-corrected chi connectivity index (χ1v) is 8.71. The number of primary amides is 1. The highest BCUT2D eigenvalue weighted by Crippen LogP contribution is 2.41. The van der Waals surface area contributed by atoms with Gasteiger partial charge in [0.15, 0.2) is 0 Å². The molecule has 2 unspecified atom stereocenters. The fourth-order valence-corrected chi connectivity index (χ4v) is 4.24. The molecule has 0 radical (unpaired) electrons. The van der Waals surface area contributed by atoms with Crippen LogP contribution in [-0.4, -0.2) is 18.0 Å². The van der Waals surface area contributed by atoms with Gasteiger partial charge in [-0.1, -0.05) is 18.6 Å². The molecule has 2 saturated carbocycles. The highest BCUT2D eigenvalue weighted by atomic mass is 35.5. The summed E-state index contributed by atoms with van der Waals surface area (Å²) in [6.45, 7) is 0.449. The fraction of sp³-hybridized carbons (Fsp3) is 0.556. The Morgan fingerprint density at radius 3 is 2.48 bits per heavy atom. The van der Waals surface area contributed by atoms with Crippen LogP contribution in [0.4, 0.5) is 10.5 Å². The molecule has 2 atom stereocenters. The molecule has 7 heteroatoms. The van der Waals surface area contributed by atoms with Gasteiger partial charge < -0.3 is 22.1 Å². The number of urea groups is 1. The number of carbonyl (C=O) groups is 2. The van der Waals surface area contributed by atoms with Gasteiger partial charge in [0.25, 0.3) is 0 Å². The molecular formula is C18H27ClN4O2. The number of amides is 3. The number of nitrogens with two attached hydrogens (primary N) is 2. The Bertz CT molecular complexity index is 611. The maximum absolute atomic E-state index is 12.5. The Morgan fingerprint density at radius 2 is 1.84 bits per heavy atom. The van der Waals surface area contributed by atoms with E-state index in [2.05, 4.69) is 10.6 Å². The maximum atomic E-state index is 12.5. The van der Waals surface area contributed by atoms with Crippen molar-refractivity contribution in [2.45, 2.75) is 44.7 Å². The van der Waals surface area contributed by atoms with Crippen LogP contribution in [0.5, 0.6) is 0 Å². The van der Waals surface area contributed by atoms with Gasteiger partial charge in [0, 0.05) is 24.2 Å². The van der Waals surface area contributed by atoms with E-state index in [0.717, 1.165) is 31.2 Å². The van der Waals surface area contributed by atoms with Crippen molar-refractivity contribution >= 4 is 30.0 Å². The average Bonchev–Trinajstić information content (AvgIpc) is 2.52. The predicted octanol–water partition coefficient (Wildman–Crippen LogP) is 2.37. The third kappa shape index (κ3) is 4.86. The van der Waals surface area contributed by atoms with Crippen molar-refractivity contribution < 1.29 is 9.59 Å². The van der Waals surface area contributed by atoms with E-state index in [9.17, 15) is 9.59 Å². The molecule has 1 aromatic carbocycles. The van der Waals surface area contributed by atoms with Crippen molar-refractivity contribution in [3.05, 3.63) is 29.8 Å². The Hall–Kier alpha value is -1.79. The van der Waals surface area contributed by atoms with Gasteiger partial charge in [-0.15, -0.1) is 12.4 Å². The number of anilines is 1. The molecule has 0 heterocycles. The lowest BCUT2D eigenvalue weighted by atomic mass is 9.65. The van der Waals surface area contributed by atoms with E-state index in [1.165, 1.54) is 6.42 Å². The number of halogens is 1. The van der Waals surface area contributed by atoms with Gasteiger partial charge in [0.2, 0.25) is 5.91 Å². The van der Waals surface area contributed by atoms with Crippen LogP contribution in [0.2, 0.25) is 0 Å². The molecule has 0 aliphatic heterocycles. The zero-order chi connectivity index (χ0) is 17.1. The first kappa shape index (κ1) is 19.5. The molecule has 0 saturated heterocycles. The zero-order valence-corrected chi connectivity index (χ0v) is 15.1. The number of rotatable bonds is 4. The summed E-state index contributed by atoms with van der Waals surface area (Å²) in [6, 6.07) is 7.01. The minimum absolute atomic E-state index is 0. The predicted molar refractivity (Wildman–Crippen MR) is 100 cm³/mol. The van der Waals surface area contributed by atoms with Crippen LogP contribution in [0.15, 0.2) is 24.3 Å². The summed E-state index contributed by atoms with van der Waals surface area (Å²) in [4.78, 5) is 23.4. The van der Waals surface area contributed by atoms with Gasteiger partial charge in [0.05, 0.1) is 0 Å². The topological polar surface area (TPSA) is 110 Å². The van der Waals surface area contributed by atoms with Crippen molar-refractivity contribution in [1.29, 1.82) is 0 Å². The van der Waals surface area contributed by atoms with E-state index in [0.29, 0.717) is 24.1 Å². The van der Waals surface area contributed by atoms with Gasteiger partial charge in [0.1, 0.15) is 0 Å². The number of hydrogen-bond donors (Lipinski definition) is 4. The SMILES string of the molecule is Cl.NC(=O)Nc1cccc(CNC(=O)C2CC3CCCC(C2)C3N)c1. The Kier molecular flexibility index (Phi) is 6.67. The molecule has 6 N–H and O–H groups in total.